The standard InChI is InChI=1S/C21H19N3OS/c1-14-18(21(25)24(23(14)3)17-12-8-5-9-13-17)19-15(2)26-20(22-19)16-10-6-4-7-11-16/h4-13H,1-3H3. The Kier molecular flexibility index (Phi) is 4.09. The van der Waals surface area contributed by atoms with Crippen molar-refractivity contribution in [2.24, 2.45) is 7.05 Å². The molecule has 0 saturated carbocycles. The third-order valence-corrected chi connectivity index (χ3v) is 5.63. The number of aromatic nitrogens is 3. The van der Waals surface area contributed by atoms with E-state index in [0.29, 0.717) is 5.56 Å². The molecule has 0 N–H and O–H groups in total. The van der Waals surface area contributed by atoms with E-state index in [1.807, 2.05) is 86.2 Å². The molecule has 4 rings (SSSR count). The molecule has 2 aromatic carbocycles. The fourth-order valence-electron chi connectivity index (χ4n) is 3.17. The summed E-state index contributed by atoms with van der Waals surface area (Å²) in [6.45, 7) is 4.00. The van der Waals surface area contributed by atoms with Gasteiger partial charge in [0.25, 0.3) is 5.56 Å². The minimum atomic E-state index is -0.0378. The van der Waals surface area contributed by atoms with E-state index in [4.69, 9.17) is 4.98 Å². The van der Waals surface area contributed by atoms with E-state index in [0.717, 1.165) is 32.5 Å². The van der Waals surface area contributed by atoms with Gasteiger partial charge < -0.3 is 0 Å². The average Bonchev–Trinajstić information content (AvgIpc) is 3.14. The number of hydrogen-bond acceptors (Lipinski definition) is 3. The number of hydrogen-bond donors (Lipinski definition) is 0. The second kappa shape index (κ2) is 6.42. The van der Waals surface area contributed by atoms with Gasteiger partial charge in [-0.2, -0.15) is 0 Å². The fraction of sp³-hybridized carbons (Fsp3) is 0.143. The van der Waals surface area contributed by atoms with Crippen LogP contribution in [-0.4, -0.2) is 14.3 Å². The van der Waals surface area contributed by atoms with E-state index in [2.05, 4.69) is 0 Å². The largest absolute Gasteiger partial charge is 0.285 e. The van der Waals surface area contributed by atoms with Gasteiger partial charge in [-0.15, -0.1) is 11.3 Å². The van der Waals surface area contributed by atoms with E-state index < -0.39 is 0 Å². The first-order valence-electron chi connectivity index (χ1n) is 8.45. The lowest BCUT2D eigenvalue weighted by Crippen LogP contribution is -2.20. The van der Waals surface area contributed by atoms with E-state index in [9.17, 15) is 4.79 Å². The van der Waals surface area contributed by atoms with E-state index in [1.165, 1.54) is 0 Å². The first kappa shape index (κ1) is 16.5. The predicted octanol–water partition coefficient (Wildman–Crippen LogP) is 4.58. The van der Waals surface area contributed by atoms with Crippen LogP contribution in [0.2, 0.25) is 0 Å². The maximum Gasteiger partial charge on any atom is 0.281 e. The summed E-state index contributed by atoms with van der Waals surface area (Å²) in [5.41, 5.74) is 4.25. The molecule has 0 aliphatic carbocycles. The first-order chi connectivity index (χ1) is 12.6. The Hall–Kier alpha value is -2.92. The molecule has 26 heavy (non-hydrogen) atoms. The third-order valence-electron chi connectivity index (χ3n) is 4.61. The van der Waals surface area contributed by atoms with E-state index >= 15 is 0 Å². The maximum absolute atomic E-state index is 13.2. The Balaban J connectivity index is 1.91. The highest BCUT2D eigenvalue weighted by atomic mass is 32.1. The second-order valence-electron chi connectivity index (χ2n) is 6.23. The van der Waals surface area contributed by atoms with Crippen LogP contribution in [-0.2, 0) is 7.05 Å². The molecule has 4 aromatic rings. The molecule has 4 nitrogen and oxygen atoms in total. The molecular formula is C21H19N3OS. The molecule has 0 bridgehead atoms. The van der Waals surface area contributed by atoms with Gasteiger partial charge in [-0.05, 0) is 26.0 Å². The summed E-state index contributed by atoms with van der Waals surface area (Å²) in [6.07, 6.45) is 0. The quantitative estimate of drug-likeness (QED) is 0.536. The minimum Gasteiger partial charge on any atom is -0.285 e. The van der Waals surface area contributed by atoms with Gasteiger partial charge in [-0.1, -0.05) is 48.5 Å². The number of benzene rings is 2. The van der Waals surface area contributed by atoms with Gasteiger partial charge in [-0.25, -0.2) is 9.67 Å². The summed E-state index contributed by atoms with van der Waals surface area (Å²) in [5, 5.41) is 0.937. The summed E-state index contributed by atoms with van der Waals surface area (Å²) >= 11 is 1.62. The highest BCUT2D eigenvalue weighted by Crippen LogP contribution is 2.33. The minimum absolute atomic E-state index is 0.0378. The van der Waals surface area contributed by atoms with E-state index in [1.54, 1.807) is 16.0 Å². The van der Waals surface area contributed by atoms with Crippen LogP contribution >= 0.6 is 11.3 Å². The smallest absolute Gasteiger partial charge is 0.281 e. The molecular weight excluding hydrogens is 342 g/mol. The number of rotatable bonds is 3. The highest BCUT2D eigenvalue weighted by molar-refractivity contribution is 7.15. The van der Waals surface area contributed by atoms with Crippen molar-refractivity contribution in [3.63, 3.8) is 0 Å². The van der Waals surface area contributed by atoms with Crippen LogP contribution in [0.15, 0.2) is 65.5 Å². The summed E-state index contributed by atoms with van der Waals surface area (Å²) in [7, 11) is 1.91. The van der Waals surface area contributed by atoms with Crippen LogP contribution in [0.5, 0.6) is 0 Å². The van der Waals surface area contributed by atoms with Gasteiger partial charge in [0.05, 0.1) is 16.9 Å². The van der Waals surface area contributed by atoms with Crippen molar-refractivity contribution in [2.75, 3.05) is 0 Å². The van der Waals surface area contributed by atoms with Crippen LogP contribution < -0.4 is 5.56 Å². The molecule has 5 heteroatoms. The van der Waals surface area contributed by atoms with Crippen molar-refractivity contribution >= 4 is 11.3 Å². The van der Waals surface area contributed by atoms with Gasteiger partial charge in [0.15, 0.2) is 0 Å². The summed E-state index contributed by atoms with van der Waals surface area (Å²) in [6, 6.07) is 19.8. The number of aryl methyl sites for hydroxylation is 1. The van der Waals surface area contributed by atoms with Crippen LogP contribution in [0.3, 0.4) is 0 Å². The molecule has 0 amide bonds. The van der Waals surface area contributed by atoms with Crippen molar-refractivity contribution in [1.29, 1.82) is 0 Å². The van der Waals surface area contributed by atoms with Crippen molar-refractivity contribution in [3.8, 4) is 27.5 Å². The Morgan fingerprint density at radius 1 is 0.923 bits per heavy atom. The normalized spacial score (nSPS) is 11.0. The predicted molar refractivity (Wildman–Crippen MR) is 107 cm³/mol. The zero-order chi connectivity index (χ0) is 18.3. The zero-order valence-corrected chi connectivity index (χ0v) is 15.7. The SMILES string of the molecule is Cc1sc(-c2ccccc2)nc1-c1c(C)n(C)n(-c2ccccc2)c1=O. The Morgan fingerprint density at radius 3 is 2.19 bits per heavy atom. The van der Waals surface area contributed by atoms with Gasteiger partial charge in [-0.3, -0.25) is 9.48 Å². The van der Waals surface area contributed by atoms with Gasteiger partial charge in [0, 0.05) is 23.2 Å². The topological polar surface area (TPSA) is 39.8 Å². The van der Waals surface area contributed by atoms with E-state index in [-0.39, 0.29) is 5.56 Å². The number of para-hydroxylation sites is 1. The first-order valence-corrected chi connectivity index (χ1v) is 9.27. The number of nitrogens with zero attached hydrogens (tertiary/aromatic N) is 3. The Morgan fingerprint density at radius 2 is 1.54 bits per heavy atom. The lowest BCUT2D eigenvalue weighted by Gasteiger charge is -2.07. The average molecular weight is 361 g/mol. The van der Waals surface area contributed by atoms with Crippen molar-refractivity contribution in [3.05, 3.63) is 81.6 Å². The molecule has 2 aromatic heterocycles. The molecule has 0 radical (unpaired) electrons. The van der Waals surface area contributed by atoms with Crippen molar-refractivity contribution in [2.45, 2.75) is 13.8 Å². The van der Waals surface area contributed by atoms with Crippen LogP contribution in [0, 0.1) is 13.8 Å². The summed E-state index contributed by atoms with van der Waals surface area (Å²) < 4.78 is 3.60. The summed E-state index contributed by atoms with van der Waals surface area (Å²) in [4.78, 5) is 19.1. The second-order valence-corrected chi connectivity index (χ2v) is 7.43. The molecule has 130 valence electrons. The van der Waals surface area contributed by atoms with Crippen molar-refractivity contribution < 1.29 is 0 Å². The molecule has 0 aliphatic rings. The third kappa shape index (κ3) is 2.61. The monoisotopic (exact) mass is 361 g/mol. The van der Waals surface area contributed by atoms with Gasteiger partial charge in [0.1, 0.15) is 5.01 Å². The molecule has 0 unspecified atom stereocenters. The molecule has 0 atom stereocenters. The fourth-order valence-corrected chi connectivity index (χ4v) is 4.10. The molecule has 2 heterocycles. The van der Waals surface area contributed by atoms with Crippen LogP contribution in [0.25, 0.3) is 27.5 Å². The van der Waals surface area contributed by atoms with Gasteiger partial charge in [0.2, 0.25) is 0 Å². The summed E-state index contributed by atoms with van der Waals surface area (Å²) in [5.74, 6) is 0. The highest BCUT2D eigenvalue weighted by Gasteiger charge is 2.22. The molecule has 0 fully saturated rings. The van der Waals surface area contributed by atoms with Crippen molar-refractivity contribution in [1.82, 2.24) is 14.3 Å². The van der Waals surface area contributed by atoms with Crippen LogP contribution in [0.1, 0.15) is 10.6 Å². The molecule has 0 spiro atoms. The van der Waals surface area contributed by atoms with Gasteiger partial charge >= 0.3 is 0 Å². The molecule has 0 aliphatic heterocycles. The Labute approximate surface area is 156 Å². The number of thiazole rings is 1. The van der Waals surface area contributed by atoms with Crippen LogP contribution in [0.4, 0.5) is 0 Å². The zero-order valence-electron chi connectivity index (χ0n) is 14.9. The lowest BCUT2D eigenvalue weighted by atomic mass is 10.1. The lowest BCUT2D eigenvalue weighted by molar-refractivity contribution is 0.630. The maximum atomic E-state index is 13.2. The molecule has 0 saturated heterocycles. The Bertz CT molecular complexity index is 1120.